The van der Waals surface area contributed by atoms with E-state index < -0.39 is 17.5 Å². The lowest BCUT2D eigenvalue weighted by molar-refractivity contribution is -0.149. The second kappa shape index (κ2) is 8.61. The van der Waals surface area contributed by atoms with Gasteiger partial charge in [0.15, 0.2) is 0 Å². The van der Waals surface area contributed by atoms with Crippen LogP contribution in [0, 0.1) is 5.92 Å². The Morgan fingerprint density at radius 3 is 2.72 bits per heavy atom. The Bertz CT molecular complexity index is 879. The van der Waals surface area contributed by atoms with Gasteiger partial charge in [-0.1, -0.05) is 24.3 Å². The molecule has 1 saturated heterocycles. The highest BCUT2D eigenvalue weighted by molar-refractivity contribution is 5.91. The maximum absolute atomic E-state index is 13.6. The van der Waals surface area contributed by atoms with Crippen LogP contribution < -0.4 is 0 Å². The van der Waals surface area contributed by atoms with E-state index in [9.17, 15) is 23.1 Å². The third kappa shape index (κ3) is 5.21. The summed E-state index contributed by atoms with van der Waals surface area (Å²) in [5, 5.41) is 10.4. The number of phenolic OH excluding ortho intramolecular Hbond substituents is 1. The summed E-state index contributed by atoms with van der Waals surface area (Å²) in [7, 11) is 0. The maximum Gasteiger partial charge on any atom is 0.420 e. The molecule has 1 fully saturated rings. The molecular weight excluding hydrogens is 383 g/mol. The Labute approximate surface area is 168 Å². The van der Waals surface area contributed by atoms with E-state index in [0.29, 0.717) is 30.5 Å². The molecule has 1 aliphatic heterocycles. The first-order valence-corrected chi connectivity index (χ1v) is 9.87. The number of hydrogen-bond donors (Lipinski definition) is 1. The van der Waals surface area contributed by atoms with Gasteiger partial charge in [-0.2, -0.15) is 13.2 Å². The first kappa shape index (κ1) is 21.4. The number of esters is 1. The quantitative estimate of drug-likeness (QED) is 0.697. The fourth-order valence-corrected chi connectivity index (χ4v) is 4.11. The molecule has 0 aliphatic carbocycles. The molecule has 0 bridgehead atoms. The van der Waals surface area contributed by atoms with Crippen molar-refractivity contribution in [1.82, 2.24) is 4.90 Å². The highest BCUT2D eigenvalue weighted by atomic mass is 19.4. The smallest absolute Gasteiger partial charge is 0.420 e. The van der Waals surface area contributed by atoms with Gasteiger partial charge in [-0.25, -0.2) is 0 Å². The number of nitrogens with zero attached hydrogens (tertiary/aromatic N) is 1. The van der Waals surface area contributed by atoms with Crippen molar-refractivity contribution in [2.75, 3.05) is 13.1 Å². The predicted molar refractivity (Wildman–Crippen MR) is 104 cm³/mol. The summed E-state index contributed by atoms with van der Waals surface area (Å²) >= 11 is 0. The van der Waals surface area contributed by atoms with Crippen LogP contribution in [0.15, 0.2) is 30.3 Å². The van der Waals surface area contributed by atoms with Crippen LogP contribution >= 0.6 is 0 Å². The summed E-state index contributed by atoms with van der Waals surface area (Å²) in [4.78, 5) is 14.0. The number of fused-ring (bicyclic) bond motifs is 1. The van der Waals surface area contributed by atoms with Gasteiger partial charge in [0, 0.05) is 24.9 Å². The van der Waals surface area contributed by atoms with Crippen LogP contribution in [0.1, 0.15) is 44.2 Å². The number of benzene rings is 2. The zero-order valence-corrected chi connectivity index (χ0v) is 16.6. The normalized spacial score (nSPS) is 18.3. The zero-order valence-electron chi connectivity index (χ0n) is 16.6. The minimum atomic E-state index is -4.65. The predicted octanol–water partition coefficient (Wildman–Crippen LogP) is 5.12. The SMILES string of the molecule is CC(C)OC(=O)CC1CCCN(Cc2cccc3ccc(O)c(C(F)(F)F)c23)C1. The number of likely N-dealkylation sites (tertiary alicyclic amines) is 1. The number of ether oxygens (including phenoxy) is 1. The largest absolute Gasteiger partial charge is 0.507 e. The summed E-state index contributed by atoms with van der Waals surface area (Å²) < 4.78 is 46.1. The van der Waals surface area contributed by atoms with Gasteiger partial charge in [0.05, 0.1) is 6.10 Å². The van der Waals surface area contributed by atoms with Gasteiger partial charge < -0.3 is 9.84 Å². The van der Waals surface area contributed by atoms with Gasteiger partial charge >= 0.3 is 12.1 Å². The number of hydrogen-bond acceptors (Lipinski definition) is 4. The Balaban J connectivity index is 1.83. The molecule has 1 unspecified atom stereocenters. The van der Waals surface area contributed by atoms with Gasteiger partial charge in [-0.3, -0.25) is 9.69 Å². The van der Waals surface area contributed by atoms with E-state index in [1.165, 1.54) is 6.07 Å². The topological polar surface area (TPSA) is 49.8 Å². The first-order chi connectivity index (χ1) is 13.6. The van der Waals surface area contributed by atoms with Gasteiger partial charge in [-0.15, -0.1) is 0 Å². The molecule has 0 spiro atoms. The van der Waals surface area contributed by atoms with Crippen LogP contribution in [0.4, 0.5) is 13.2 Å². The van der Waals surface area contributed by atoms with E-state index in [4.69, 9.17) is 4.74 Å². The molecule has 2 aromatic carbocycles. The molecular formula is C22H26F3NO3. The van der Waals surface area contributed by atoms with Crippen LogP contribution in [0.3, 0.4) is 0 Å². The van der Waals surface area contributed by atoms with E-state index in [2.05, 4.69) is 4.90 Å². The Morgan fingerprint density at radius 2 is 2.03 bits per heavy atom. The zero-order chi connectivity index (χ0) is 21.2. The molecule has 7 heteroatoms. The Morgan fingerprint density at radius 1 is 1.28 bits per heavy atom. The number of carbonyl (C=O) groups excluding carboxylic acids is 1. The number of alkyl halides is 3. The minimum Gasteiger partial charge on any atom is -0.507 e. The van der Waals surface area contributed by atoms with Crippen molar-refractivity contribution >= 4 is 16.7 Å². The molecule has 3 rings (SSSR count). The summed E-state index contributed by atoms with van der Waals surface area (Å²) in [5.41, 5.74) is -0.462. The summed E-state index contributed by atoms with van der Waals surface area (Å²) in [5.74, 6) is -0.868. The van der Waals surface area contributed by atoms with Crippen LogP contribution in [-0.2, 0) is 22.3 Å². The highest BCUT2D eigenvalue weighted by Crippen LogP contribution is 2.42. The molecule has 2 aromatic rings. The number of aromatic hydroxyl groups is 1. The average molecular weight is 409 g/mol. The molecule has 1 N–H and O–H groups in total. The number of rotatable bonds is 5. The van der Waals surface area contributed by atoms with Gasteiger partial charge in [0.1, 0.15) is 11.3 Å². The van der Waals surface area contributed by atoms with Crippen molar-refractivity contribution in [3.63, 3.8) is 0 Å². The molecule has 1 atom stereocenters. The van der Waals surface area contributed by atoms with Crippen molar-refractivity contribution in [3.05, 3.63) is 41.5 Å². The van der Waals surface area contributed by atoms with Gasteiger partial charge in [-0.05, 0) is 56.2 Å². The fourth-order valence-electron chi connectivity index (χ4n) is 4.11. The Kier molecular flexibility index (Phi) is 6.36. The standard InChI is InChI=1S/C22H26F3NO3/c1-14(2)29-19(28)11-15-5-4-10-26(12-15)13-17-7-3-6-16-8-9-18(27)21(20(16)17)22(23,24)25/h3,6-9,14-15,27H,4-5,10-13H2,1-2H3. The maximum atomic E-state index is 13.6. The first-order valence-electron chi connectivity index (χ1n) is 9.87. The molecule has 1 aliphatic rings. The lowest BCUT2D eigenvalue weighted by Crippen LogP contribution is -2.36. The van der Waals surface area contributed by atoms with Crippen LogP contribution in [0.2, 0.25) is 0 Å². The minimum absolute atomic E-state index is 0.0429. The molecule has 4 nitrogen and oxygen atoms in total. The molecule has 0 saturated carbocycles. The van der Waals surface area contributed by atoms with Crippen molar-refractivity contribution in [2.24, 2.45) is 5.92 Å². The lowest BCUT2D eigenvalue weighted by Gasteiger charge is -2.33. The van der Waals surface area contributed by atoms with Crippen molar-refractivity contribution in [3.8, 4) is 5.75 Å². The van der Waals surface area contributed by atoms with Crippen molar-refractivity contribution in [2.45, 2.75) is 51.9 Å². The number of carbonyl (C=O) groups is 1. The summed E-state index contributed by atoms with van der Waals surface area (Å²) in [6, 6.07) is 7.62. The number of phenols is 1. The fraction of sp³-hybridized carbons (Fsp3) is 0.500. The molecule has 0 aromatic heterocycles. The third-order valence-corrected chi connectivity index (χ3v) is 5.21. The second-order valence-electron chi connectivity index (χ2n) is 7.96. The third-order valence-electron chi connectivity index (χ3n) is 5.21. The van der Waals surface area contributed by atoms with Gasteiger partial charge in [0.2, 0.25) is 0 Å². The molecule has 0 amide bonds. The highest BCUT2D eigenvalue weighted by Gasteiger charge is 2.37. The van der Waals surface area contributed by atoms with E-state index in [0.717, 1.165) is 25.5 Å². The van der Waals surface area contributed by atoms with Gasteiger partial charge in [0.25, 0.3) is 0 Å². The molecule has 1 heterocycles. The number of halogens is 3. The molecule has 0 radical (unpaired) electrons. The van der Waals surface area contributed by atoms with Crippen LogP contribution in [0.5, 0.6) is 5.75 Å². The van der Waals surface area contributed by atoms with Crippen LogP contribution in [-0.4, -0.2) is 35.2 Å². The Hall–Kier alpha value is -2.28. The van der Waals surface area contributed by atoms with Crippen molar-refractivity contribution in [1.29, 1.82) is 0 Å². The van der Waals surface area contributed by atoms with E-state index in [1.807, 2.05) is 0 Å². The summed E-state index contributed by atoms with van der Waals surface area (Å²) in [6.45, 7) is 5.33. The van der Waals surface area contributed by atoms with E-state index in [-0.39, 0.29) is 23.4 Å². The number of piperidine rings is 1. The summed E-state index contributed by atoms with van der Waals surface area (Å²) in [6.07, 6.45) is -2.72. The molecule has 158 valence electrons. The van der Waals surface area contributed by atoms with Crippen LogP contribution in [0.25, 0.3) is 10.8 Å². The van der Waals surface area contributed by atoms with E-state index in [1.54, 1.807) is 32.0 Å². The lowest BCUT2D eigenvalue weighted by atomic mass is 9.93. The monoisotopic (exact) mass is 409 g/mol. The van der Waals surface area contributed by atoms with E-state index >= 15 is 0 Å². The second-order valence-corrected chi connectivity index (χ2v) is 7.96. The molecule has 29 heavy (non-hydrogen) atoms. The van der Waals surface area contributed by atoms with Crippen molar-refractivity contribution < 1.29 is 27.8 Å². The average Bonchev–Trinajstić information content (AvgIpc) is 2.60.